The summed E-state index contributed by atoms with van der Waals surface area (Å²) in [7, 11) is 0. The molecule has 1 rings (SSSR count). The summed E-state index contributed by atoms with van der Waals surface area (Å²) in [5.74, 6) is -3.04. The molecule has 174 valence electrons. The summed E-state index contributed by atoms with van der Waals surface area (Å²) in [5.41, 5.74) is -0.632. The van der Waals surface area contributed by atoms with Gasteiger partial charge in [-0.05, 0) is 37.0 Å². The van der Waals surface area contributed by atoms with Crippen LogP contribution in [0, 0.1) is 5.92 Å². The van der Waals surface area contributed by atoms with Gasteiger partial charge in [-0.2, -0.15) is 0 Å². The fourth-order valence-corrected chi connectivity index (χ4v) is 3.69. The molecule has 1 unspecified atom stereocenters. The molecule has 0 spiro atoms. The van der Waals surface area contributed by atoms with E-state index in [9.17, 15) is 19.5 Å². The van der Waals surface area contributed by atoms with Gasteiger partial charge >= 0.3 is 17.9 Å². The molecule has 1 atom stereocenters. The summed E-state index contributed by atoms with van der Waals surface area (Å²) >= 11 is 0. The lowest BCUT2D eigenvalue weighted by atomic mass is 9.95. The van der Waals surface area contributed by atoms with Gasteiger partial charge in [-0.25, -0.2) is 14.4 Å². The van der Waals surface area contributed by atoms with Gasteiger partial charge in [0.15, 0.2) is 0 Å². The highest BCUT2D eigenvalue weighted by molar-refractivity contribution is 6.04. The lowest BCUT2D eigenvalue weighted by Crippen LogP contribution is -2.18. The minimum absolute atomic E-state index is 0.109. The van der Waals surface area contributed by atoms with Crippen LogP contribution in [0.2, 0.25) is 0 Å². The van der Waals surface area contributed by atoms with E-state index >= 15 is 0 Å². The fourth-order valence-electron chi connectivity index (χ4n) is 3.69. The van der Waals surface area contributed by atoms with Crippen LogP contribution in [0.1, 0.15) is 122 Å². The summed E-state index contributed by atoms with van der Waals surface area (Å²) in [6.07, 6.45) is 13.9. The third-order valence-corrected chi connectivity index (χ3v) is 5.60. The second-order valence-corrected chi connectivity index (χ2v) is 8.24. The zero-order chi connectivity index (χ0) is 23.1. The van der Waals surface area contributed by atoms with Gasteiger partial charge in [-0.3, -0.25) is 0 Å². The first-order valence-corrected chi connectivity index (χ1v) is 11.7. The first-order valence-electron chi connectivity index (χ1n) is 11.7. The van der Waals surface area contributed by atoms with Crippen LogP contribution in [-0.2, 0) is 4.74 Å². The van der Waals surface area contributed by atoms with E-state index in [2.05, 4.69) is 13.8 Å². The molecule has 1 aromatic carbocycles. The van der Waals surface area contributed by atoms with Crippen LogP contribution in [0.5, 0.6) is 0 Å². The van der Waals surface area contributed by atoms with Crippen molar-refractivity contribution in [1.82, 2.24) is 0 Å². The van der Waals surface area contributed by atoms with Crippen LogP contribution < -0.4 is 0 Å². The van der Waals surface area contributed by atoms with Crippen molar-refractivity contribution < 1.29 is 29.3 Å². The van der Waals surface area contributed by atoms with Crippen molar-refractivity contribution in [3.8, 4) is 0 Å². The number of benzene rings is 1. The molecule has 0 aliphatic heterocycles. The second kappa shape index (κ2) is 15.4. The Morgan fingerprint density at radius 1 is 0.774 bits per heavy atom. The quantitative estimate of drug-likeness (QED) is 0.212. The maximum absolute atomic E-state index is 12.5. The van der Waals surface area contributed by atoms with Crippen molar-refractivity contribution in [1.29, 1.82) is 0 Å². The molecular weight excluding hydrogens is 396 g/mol. The summed E-state index contributed by atoms with van der Waals surface area (Å²) < 4.78 is 5.48. The van der Waals surface area contributed by atoms with Crippen molar-refractivity contribution in [2.45, 2.75) is 90.9 Å². The number of carboxylic acids is 2. The summed E-state index contributed by atoms with van der Waals surface area (Å²) in [6.45, 7) is 4.64. The van der Waals surface area contributed by atoms with Gasteiger partial charge in [0.05, 0.1) is 23.3 Å². The van der Waals surface area contributed by atoms with Crippen molar-refractivity contribution >= 4 is 17.9 Å². The Labute approximate surface area is 186 Å². The summed E-state index contributed by atoms with van der Waals surface area (Å²) in [5, 5.41) is 18.4. The Hall–Kier alpha value is -2.37. The summed E-state index contributed by atoms with van der Waals surface area (Å²) in [4.78, 5) is 35.1. The highest BCUT2D eigenvalue weighted by Crippen LogP contribution is 2.21. The highest BCUT2D eigenvalue weighted by Gasteiger charge is 2.21. The van der Waals surface area contributed by atoms with E-state index in [1.165, 1.54) is 57.1 Å². The lowest BCUT2D eigenvalue weighted by molar-refractivity contribution is 0.0414. The Morgan fingerprint density at radius 3 is 1.87 bits per heavy atom. The first-order chi connectivity index (χ1) is 14.9. The van der Waals surface area contributed by atoms with E-state index < -0.39 is 17.9 Å². The molecule has 2 N–H and O–H groups in total. The molecule has 0 saturated heterocycles. The summed E-state index contributed by atoms with van der Waals surface area (Å²) in [6, 6.07) is 3.45. The molecule has 0 radical (unpaired) electrons. The number of rotatable bonds is 17. The van der Waals surface area contributed by atoms with Crippen LogP contribution in [0.4, 0.5) is 0 Å². The number of aromatic carboxylic acids is 2. The minimum atomic E-state index is -1.35. The second-order valence-electron chi connectivity index (χ2n) is 8.24. The molecule has 0 aliphatic rings. The van der Waals surface area contributed by atoms with Crippen molar-refractivity contribution in [2.75, 3.05) is 6.61 Å². The largest absolute Gasteiger partial charge is 0.478 e. The van der Waals surface area contributed by atoms with Gasteiger partial charge in [0.1, 0.15) is 0 Å². The maximum atomic E-state index is 12.5. The predicted molar refractivity (Wildman–Crippen MR) is 121 cm³/mol. The number of ether oxygens (including phenoxy) is 1. The van der Waals surface area contributed by atoms with Crippen molar-refractivity contribution in [3.63, 3.8) is 0 Å². The lowest BCUT2D eigenvalue weighted by Gasteiger charge is -2.17. The number of esters is 1. The van der Waals surface area contributed by atoms with Gasteiger partial charge in [-0.15, -0.1) is 0 Å². The monoisotopic (exact) mass is 434 g/mol. The number of hydrogen-bond donors (Lipinski definition) is 2. The Balaban J connectivity index is 2.68. The van der Waals surface area contributed by atoms with Crippen LogP contribution in [0.15, 0.2) is 18.2 Å². The molecule has 0 aliphatic carbocycles. The molecule has 31 heavy (non-hydrogen) atoms. The van der Waals surface area contributed by atoms with Crippen LogP contribution in [0.3, 0.4) is 0 Å². The fraction of sp³-hybridized carbons (Fsp3) is 0.640. The number of carbonyl (C=O) groups is 3. The van der Waals surface area contributed by atoms with Gasteiger partial charge < -0.3 is 14.9 Å². The van der Waals surface area contributed by atoms with E-state index in [0.29, 0.717) is 0 Å². The van der Waals surface area contributed by atoms with E-state index in [1.807, 2.05) is 0 Å². The van der Waals surface area contributed by atoms with Crippen molar-refractivity contribution in [3.05, 3.63) is 34.9 Å². The maximum Gasteiger partial charge on any atom is 0.339 e. The SMILES string of the molecule is CCCCCCCCC(CCCCCC)COC(=O)c1ccc(C(=O)O)cc1C(=O)O. The predicted octanol–water partition coefficient (Wildman–Crippen LogP) is 6.58. The number of unbranched alkanes of at least 4 members (excludes halogenated alkanes) is 8. The molecule has 0 fully saturated rings. The van der Waals surface area contributed by atoms with E-state index in [-0.39, 0.29) is 29.2 Å². The molecule has 0 amide bonds. The number of carboxylic acid groups (broad SMARTS) is 2. The van der Waals surface area contributed by atoms with Crippen molar-refractivity contribution in [2.24, 2.45) is 5.92 Å². The average molecular weight is 435 g/mol. The third kappa shape index (κ3) is 10.5. The smallest absolute Gasteiger partial charge is 0.339 e. The molecule has 0 aromatic heterocycles. The minimum Gasteiger partial charge on any atom is -0.478 e. The molecule has 0 bridgehead atoms. The molecular formula is C25H38O6. The zero-order valence-corrected chi connectivity index (χ0v) is 19.0. The van der Waals surface area contributed by atoms with E-state index in [0.717, 1.165) is 38.2 Å². The van der Waals surface area contributed by atoms with E-state index in [4.69, 9.17) is 9.84 Å². The standard InChI is InChI=1S/C25H38O6/c1-3-5-7-9-10-12-14-19(13-11-8-6-4-2)18-31-25(30)21-16-15-20(23(26)27)17-22(21)24(28)29/h15-17,19H,3-14,18H2,1-2H3,(H,26,27)(H,28,29). The van der Waals surface area contributed by atoms with Gasteiger partial charge in [0.25, 0.3) is 0 Å². The van der Waals surface area contributed by atoms with Crippen LogP contribution in [0.25, 0.3) is 0 Å². The molecule has 6 nitrogen and oxygen atoms in total. The third-order valence-electron chi connectivity index (χ3n) is 5.60. The molecule has 0 heterocycles. The Bertz CT molecular complexity index is 697. The number of carbonyl (C=O) groups excluding carboxylic acids is 1. The van der Waals surface area contributed by atoms with Gasteiger partial charge in [0.2, 0.25) is 0 Å². The van der Waals surface area contributed by atoms with Gasteiger partial charge in [0, 0.05) is 0 Å². The number of hydrogen-bond acceptors (Lipinski definition) is 4. The topological polar surface area (TPSA) is 101 Å². The van der Waals surface area contributed by atoms with Gasteiger partial charge in [-0.1, -0.05) is 78.1 Å². The zero-order valence-electron chi connectivity index (χ0n) is 19.0. The van der Waals surface area contributed by atoms with E-state index in [1.54, 1.807) is 0 Å². The first kappa shape index (κ1) is 26.7. The molecule has 0 saturated carbocycles. The normalized spacial score (nSPS) is 11.8. The average Bonchev–Trinajstić information content (AvgIpc) is 2.75. The van der Waals surface area contributed by atoms with Crippen LogP contribution >= 0.6 is 0 Å². The highest BCUT2D eigenvalue weighted by atomic mass is 16.5. The Morgan fingerprint density at radius 2 is 1.32 bits per heavy atom. The molecule has 1 aromatic rings. The Kier molecular flexibility index (Phi) is 13.3. The van der Waals surface area contributed by atoms with Crippen LogP contribution in [-0.4, -0.2) is 34.7 Å². The molecule has 6 heteroatoms.